The van der Waals surface area contributed by atoms with Crippen molar-refractivity contribution in [2.24, 2.45) is 5.16 Å². The minimum Gasteiger partial charge on any atom is -0.391 e. The van der Waals surface area contributed by atoms with Crippen molar-refractivity contribution in [2.75, 3.05) is 0 Å². The van der Waals surface area contributed by atoms with Crippen LogP contribution in [0.25, 0.3) is 11.0 Å². The fraction of sp³-hybridized carbons (Fsp3) is 0.211. The van der Waals surface area contributed by atoms with Crippen LogP contribution in [0, 0.1) is 5.82 Å². The normalized spacial score (nSPS) is 16.3. The molecule has 0 spiro atoms. The van der Waals surface area contributed by atoms with Crippen molar-refractivity contribution in [3.8, 4) is 0 Å². The summed E-state index contributed by atoms with van der Waals surface area (Å²) in [7, 11) is 0. The Morgan fingerprint density at radius 2 is 2.04 bits per heavy atom. The topological polar surface area (TPSA) is 79.4 Å². The van der Waals surface area contributed by atoms with Crippen LogP contribution in [0.5, 0.6) is 0 Å². The number of oxime groups is 1. The highest BCUT2D eigenvalue weighted by molar-refractivity contribution is 6.39. The summed E-state index contributed by atoms with van der Waals surface area (Å²) in [5.41, 5.74) is 3.05. The van der Waals surface area contributed by atoms with Gasteiger partial charge in [-0.2, -0.15) is 0 Å². The van der Waals surface area contributed by atoms with Gasteiger partial charge in [0.1, 0.15) is 23.5 Å². The van der Waals surface area contributed by atoms with Crippen molar-refractivity contribution in [1.29, 1.82) is 0 Å². The molecule has 1 aromatic heterocycles. The Bertz CT molecular complexity index is 932. The van der Waals surface area contributed by atoms with Crippen molar-refractivity contribution in [3.05, 3.63) is 65.7 Å². The number of fused-ring (bicyclic) bond motifs is 1. The molecule has 1 unspecified atom stereocenters. The molecule has 1 aliphatic rings. The van der Waals surface area contributed by atoms with Gasteiger partial charge in [0.15, 0.2) is 0 Å². The van der Waals surface area contributed by atoms with Gasteiger partial charge in [-0.15, -0.1) is 0 Å². The smallest absolute Gasteiger partial charge is 0.269 e. The first-order valence-electron chi connectivity index (χ1n) is 8.36. The van der Waals surface area contributed by atoms with Crippen LogP contribution < -0.4 is 5.32 Å². The molecule has 0 saturated heterocycles. The number of rotatable bonds is 5. The van der Waals surface area contributed by atoms with E-state index in [2.05, 4.69) is 20.4 Å². The summed E-state index contributed by atoms with van der Waals surface area (Å²) in [5.74, 6) is 0.225. The quantitative estimate of drug-likeness (QED) is 0.741. The Morgan fingerprint density at radius 1 is 1.23 bits per heavy atom. The molecule has 6 nitrogen and oxygen atoms in total. The summed E-state index contributed by atoms with van der Waals surface area (Å²) in [6, 6.07) is 13.8. The van der Waals surface area contributed by atoms with E-state index in [1.807, 2.05) is 24.3 Å². The fourth-order valence-electron chi connectivity index (χ4n) is 2.88. The second-order valence-corrected chi connectivity index (χ2v) is 6.18. The van der Waals surface area contributed by atoms with E-state index in [0.29, 0.717) is 25.1 Å². The number of carbonyl (C=O) groups excluding carboxylic acids is 1. The number of imidazole rings is 1. The molecule has 26 heavy (non-hydrogen) atoms. The third kappa shape index (κ3) is 3.56. The molecule has 1 amide bonds. The molecule has 1 aliphatic heterocycles. The first-order valence-corrected chi connectivity index (χ1v) is 8.36. The lowest BCUT2D eigenvalue weighted by atomic mass is 10.1. The minimum absolute atomic E-state index is 0.220. The van der Waals surface area contributed by atoms with Gasteiger partial charge < -0.3 is 15.1 Å². The number of para-hydroxylation sites is 2. The number of aromatic nitrogens is 2. The minimum atomic E-state index is -0.304. The van der Waals surface area contributed by atoms with Gasteiger partial charge in [0.25, 0.3) is 5.91 Å². The predicted octanol–water partition coefficient (Wildman–Crippen LogP) is 2.71. The lowest BCUT2D eigenvalue weighted by Crippen LogP contribution is -2.30. The van der Waals surface area contributed by atoms with Gasteiger partial charge in [-0.1, -0.05) is 29.4 Å². The van der Waals surface area contributed by atoms with Gasteiger partial charge >= 0.3 is 0 Å². The second kappa shape index (κ2) is 6.95. The number of H-pyrrole nitrogens is 1. The molecule has 1 atom stereocenters. The third-order valence-corrected chi connectivity index (χ3v) is 4.22. The maximum atomic E-state index is 12.9. The first-order chi connectivity index (χ1) is 12.7. The van der Waals surface area contributed by atoms with E-state index in [9.17, 15) is 9.18 Å². The maximum absolute atomic E-state index is 12.9. The number of nitrogens with zero attached hydrogens (tertiary/aromatic N) is 2. The van der Waals surface area contributed by atoms with Crippen molar-refractivity contribution >= 4 is 22.7 Å². The molecule has 0 bridgehead atoms. The van der Waals surface area contributed by atoms with Crippen molar-refractivity contribution in [2.45, 2.75) is 25.5 Å². The van der Waals surface area contributed by atoms with E-state index in [-0.39, 0.29) is 17.8 Å². The van der Waals surface area contributed by atoms with E-state index in [0.717, 1.165) is 22.4 Å². The van der Waals surface area contributed by atoms with Crippen molar-refractivity contribution in [1.82, 2.24) is 15.3 Å². The van der Waals surface area contributed by atoms with Gasteiger partial charge in [0.2, 0.25) is 0 Å². The molecule has 2 heterocycles. The Morgan fingerprint density at radius 3 is 2.85 bits per heavy atom. The molecule has 0 radical (unpaired) electrons. The van der Waals surface area contributed by atoms with E-state index < -0.39 is 0 Å². The highest BCUT2D eigenvalue weighted by Gasteiger charge is 2.27. The number of halogens is 1. The monoisotopic (exact) mass is 352 g/mol. The summed E-state index contributed by atoms with van der Waals surface area (Å²) >= 11 is 0. The lowest BCUT2D eigenvalue weighted by Gasteiger charge is -2.06. The first kappa shape index (κ1) is 16.3. The van der Waals surface area contributed by atoms with E-state index in [1.165, 1.54) is 12.1 Å². The molecule has 132 valence electrons. The van der Waals surface area contributed by atoms with Crippen LogP contribution in [0.4, 0.5) is 4.39 Å². The SMILES string of the molecule is O=C(NCc1ccc(F)cc1)C1=NOC(Cc2nc3ccccc3[nH]2)C1. The van der Waals surface area contributed by atoms with Gasteiger partial charge in [0, 0.05) is 19.4 Å². The summed E-state index contributed by atoms with van der Waals surface area (Å²) in [6.07, 6.45) is 0.751. The average Bonchev–Trinajstić information content (AvgIpc) is 3.27. The fourth-order valence-corrected chi connectivity index (χ4v) is 2.88. The van der Waals surface area contributed by atoms with Gasteiger partial charge in [-0.05, 0) is 29.8 Å². The molecular formula is C19H17FN4O2. The summed E-state index contributed by atoms with van der Waals surface area (Å²) < 4.78 is 12.9. The predicted molar refractivity (Wildman–Crippen MR) is 95.0 cm³/mol. The maximum Gasteiger partial charge on any atom is 0.269 e. The largest absolute Gasteiger partial charge is 0.391 e. The lowest BCUT2D eigenvalue weighted by molar-refractivity contribution is -0.115. The van der Waals surface area contributed by atoms with Crippen molar-refractivity contribution in [3.63, 3.8) is 0 Å². The molecule has 4 rings (SSSR count). The van der Waals surface area contributed by atoms with E-state index in [4.69, 9.17) is 4.84 Å². The Hall–Kier alpha value is -3.22. The molecule has 2 aromatic carbocycles. The number of hydrogen-bond donors (Lipinski definition) is 2. The van der Waals surface area contributed by atoms with Gasteiger partial charge in [-0.25, -0.2) is 9.37 Å². The number of nitrogens with one attached hydrogen (secondary N) is 2. The molecule has 3 aromatic rings. The highest BCUT2D eigenvalue weighted by Crippen LogP contribution is 2.17. The standard InChI is InChI=1S/C19H17FN4O2/c20-13-7-5-12(6-8-13)11-21-19(25)17-9-14(26-24-17)10-18-22-15-3-1-2-4-16(15)23-18/h1-8,14H,9-11H2,(H,21,25)(H,22,23). The molecule has 2 N–H and O–H groups in total. The van der Waals surface area contributed by atoms with Crippen molar-refractivity contribution < 1.29 is 14.0 Å². The molecular weight excluding hydrogens is 335 g/mol. The van der Waals surface area contributed by atoms with E-state index in [1.54, 1.807) is 12.1 Å². The Balaban J connectivity index is 1.31. The molecule has 7 heteroatoms. The molecule has 0 fully saturated rings. The zero-order valence-corrected chi connectivity index (χ0v) is 13.9. The van der Waals surface area contributed by atoms with Crippen LogP contribution in [0.2, 0.25) is 0 Å². The second-order valence-electron chi connectivity index (χ2n) is 6.18. The number of aromatic amines is 1. The van der Waals surface area contributed by atoms with Crippen LogP contribution in [0.1, 0.15) is 17.8 Å². The average molecular weight is 352 g/mol. The number of hydrogen-bond acceptors (Lipinski definition) is 4. The van der Waals surface area contributed by atoms with Gasteiger partial charge in [0.05, 0.1) is 11.0 Å². The third-order valence-electron chi connectivity index (χ3n) is 4.22. The van der Waals surface area contributed by atoms with Gasteiger partial charge in [-0.3, -0.25) is 4.79 Å². The Labute approximate surface area is 149 Å². The van der Waals surface area contributed by atoms with Crippen LogP contribution in [-0.2, 0) is 22.6 Å². The van der Waals surface area contributed by atoms with Crippen LogP contribution in [0.3, 0.4) is 0 Å². The van der Waals surface area contributed by atoms with Crippen LogP contribution in [0.15, 0.2) is 53.7 Å². The Kier molecular flexibility index (Phi) is 4.35. The summed E-state index contributed by atoms with van der Waals surface area (Å²) in [6.45, 7) is 0.312. The number of amides is 1. The molecule has 0 aliphatic carbocycles. The zero-order valence-electron chi connectivity index (χ0n) is 13.9. The summed E-state index contributed by atoms with van der Waals surface area (Å²) in [5, 5.41) is 6.67. The van der Waals surface area contributed by atoms with E-state index >= 15 is 0 Å². The summed E-state index contributed by atoms with van der Waals surface area (Å²) in [4.78, 5) is 25.3. The van der Waals surface area contributed by atoms with Crippen LogP contribution in [-0.4, -0.2) is 27.7 Å². The van der Waals surface area contributed by atoms with Crippen LogP contribution >= 0.6 is 0 Å². The zero-order chi connectivity index (χ0) is 17.9. The molecule has 0 saturated carbocycles. The number of benzene rings is 2. The number of carbonyl (C=O) groups is 1. The highest BCUT2D eigenvalue weighted by atomic mass is 19.1.